The maximum Gasteiger partial charge on any atom is 0.160 e. The van der Waals surface area contributed by atoms with Gasteiger partial charge in [-0.2, -0.15) is 0 Å². The molecule has 0 saturated carbocycles. The van der Waals surface area contributed by atoms with Crippen molar-refractivity contribution in [2.45, 2.75) is 6.92 Å². The van der Waals surface area contributed by atoms with Crippen LogP contribution in [0.1, 0.15) is 6.92 Å². The molecule has 0 spiro atoms. The van der Waals surface area contributed by atoms with Crippen LogP contribution in [0.15, 0.2) is 35.8 Å². The van der Waals surface area contributed by atoms with E-state index in [1.807, 2.05) is 18.2 Å². The average molecular weight is 166 g/mol. The highest BCUT2D eigenvalue weighted by atomic mass is 16.5. The van der Waals surface area contributed by atoms with Crippen molar-refractivity contribution in [3.63, 3.8) is 0 Å². The molecule has 0 heterocycles. The fourth-order valence-corrected chi connectivity index (χ4v) is 1.11. The van der Waals surface area contributed by atoms with E-state index in [4.69, 9.17) is 9.47 Å². The lowest BCUT2D eigenvalue weighted by molar-refractivity contribution is 0.219. The van der Waals surface area contributed by atoms with Crippen LogP contribution in [0.4, 0.5) is 0 Å². The quantitative estimate of drug-likeness (QED) is 0.626. The monoisotopic (exact) mass is 166 g/mol. The molecule has 0 amide bonds. The van der Waals surface area contributed by atoms with Gasteiger partial charge in [0, 0.05) is 0 Å². The van der Waals surface area contributed by atoms with E-state index in [1.54, 1.807) is 14.2 Å². The predicted octanol–water partition coefficient (Wildman–Crippen LogP) is 2.25. The lowest BCUT2D eigenvalue weighted by atomic mass is 10.1. The molecule has 0 N–H and O–H groups in total. The highest BCUT2D eigenvalue weighted by Crippen LogP contribution is 2.18. The Morgan fingerprint density at radius 3 is 2.42 bits per heavy atom. The summed E-state index contributed by atoms with van der Waals surface area (Å²) in [5.41, 5.74) is 0. The van der Waals surface area contributed by atoms with Gasteiger partial charge in [-0.25, -0.2) is 0 Å². The van der Waals surface area contributed by atoms with Gasteiger partial charge in [-0.15, -0.1) is 0 Å². The van der Waals surface area contributed by atoms with Crippen molar-refractivity contribution in [2.75, 3.05) is 14.2 Å². The van der Waals surface area contributed by atoms with E-state index in [0.29, 0.717) is 5.92 Å². The summed E-state index contributed by atoms with van der Waals surface area (Å²) in [5, 5.41) is 0. The molecule has 0 saturated heterocycles. The second-order valence-electron chi connectivity index (χ2n) is 2.71. The van der Waals surface area contributed by atoms with E-state index < -0.39 is 0 Å². The molecule has 1 atom stereocenters. The fraction of sp³-hybridized carbons (Fsp3) is 0.400. The molecule has 1 aliphatic rings. The summed E-state index contributed by atoms with van der Waals surface area (Å²) in [4.78, 5) is 0. The van der Waals surface area contributed by atoms with Gasteiger partial charge >= 0.3 is 0 Å². The third-order valence-electron chi connectivity index (χ3n) is 1.76. The van der Waals surface area contributed by atoms with Crippen molar-refractivity contribution in [3.8, 4) is 0 Å². The van der Waals surface area contributed by atoms with Crippen LogP contribution < -0.4 is 0 Å². The highest BCUT2D eigenvalue weighted by molar-refractivity contribution is 5.29. The van der Waals surface area contributed by atoms with Crippen molar-refractivity contribution in [3.05, 3.63) is 35.8 Å². The molecule has 2 nitrogen and oxygen atoms in total. The lowest BCUT2D eigenvalue weighted by Crippen LogP contribution is -1.95. The standard InChI is InChI=1S/C10H14O2/c1-8-5-4-6-9(11-2)10(7-8)12-3/h4-8H,1-3H3. The van der Waals surface area contributed by atoms with E-state index in [-0.39, 0.29) is 0 Å². The first-order chi connectivity index (χ1) is 5.77. The SMILES string of the molecule is COC1=CC=CC(C)C=C1OC. The van der Waals surface area contributed by atoms with Gasteiger partial charge in [0.25, 0.3) is 0 Å². The van der Waals surface area contributed by atoms with E-state index in [1.165, 1.54) is 0 Å². The zero-order valence-electron chi connectivity index (χ0n) is 7.70. The maximum atomic E-state index is 5.17. The summed E-state index contributed by atoms with van der Waals surface area (Å²) in [6.07, 6.45) is 7.99. The van der Waals surface area contributed by atoms with Gasteiger partial charge in [-0.3, -0.25) is 0 Å². The Kier molecular flexibility index (Phi) is 2.97. The second kappa shape index (κ2) is 4.00. The van der Waals surface area contributed by atoms with Gasteiger partial charge in [0.15, 0.2) is 11.5 Å². The summed E-state index contributed by atoms with van der Waals surface area (Å²) in [7, 11) is 3.29. The van der Waals surface area contributed by atoms with E-state index in [9.17, 15) is 0 Å². The first kappa shape index (κ1) is 8.91. The molecule has 0 radical (unpaired) electrons. The van der Waals surface area contributed by atoms with Gasteiger partial charge in [-0.05, 0) is 18.1 Å². The Labute approximate surface area is 73.2 Å². The largest absolute Gasteiger partial charge is 0.493 e. The molecule has 66 valence electrons. The average Bonchev–Trinajstić information content (AvgIpc) is 2.26. The minimum Gasteiger partial charge on any atom is -0.493 e. The number of rotatable bonds is 2. The van der Waals surface area contributed by atoms with Gasteiger partial charge < -0.3 is 9.47 Å². The van der Waals surface area contributed by atoms with E-state index >= 15 is 0 Å². The highest BCUT2D eigenvalue weighted by Gasteiger charge is 2.08. The van der Waals surface area contributed by atoms with Crippen LogP contribution >= 0.6 is 0 Å². The van der Waals surface area contributed by atoms with Crippen molar-refractivity contribution in [1.29, 1.82) is 0 Å². The Hall–Kier alpha value is -1.18. The fourth-order valence-electron chi connectivity index (χ4n) is 1.11. The smallest absolute Gasteiger partial charge is 0.160 e. The van der Waals surface area contributed by atoms with Gasteiger partial charge in [-0.1, -0.05) is 19.1 Å². The van der Waals surface area contributed by atoms with Crippen LogP contribution in [0.2, 0.25) is 0 Å². The summed E-state index contributed by atoms with van der Waals surface area (Å²) in [6.45, 7) is 2.10. The van der Waals surface area contributed by atoms with Crippen LogP contribution in [0, 0.1) is 5.92 Å². The van der Waals surface area contributed by atoms with Crippen molar-refractivity contribution in [2.24, 2.45) is 5.92 Å². The molecular weight excluding hydrogens is 152 g/mol. The number of allylic oxidation sites excluding steroid dienone is 4. The topological polar surface area (TPSA) is 18.5 Å². The molecule has 0 fully saturated rings. The number of methoxy groups -OCH3 is 2. The minimum absolute atomic E-state index is 0.392. The summed E-state index contributed by atoms with van der Waals surface area (Å²) in [6, 6.07) is 0. The normalized spacial score (nSPS) is 22.4. The molecule has 1 aliphatic carbocycles. The molecule has 0 aromatic carbocycles. The molecule has 0 bridgehead atoms. The zero-order valence-corrected chi connectivity index (χ0v) is 7.70. The first-order valence-corrected chi connectivity index (χ1v) is 3.96. The molecule has 0 aliphatic heterocycles. The molecule has 1 unspecified atom stereocenters. The van der Waals surface area contributed by atoms with Crippen LogP contribution in [0.3, 0.4) is 0 Å². The molecule has 0 aromatic heterocycles. The second-order valence-corrected chi connectivity index (χ2v) is 2.71. The first-order valence-electron chi connectivity index (χ1n) is 3.96. The van der Waals surface area contributed by atoms with Gasteiger partial charge in [0.1, 0.15) is 0 Å². The van der Waals surface area contributed by atoms with Crippen LogP contribution in [0.25, 0.3) is 0 Å². The Bertz CT molecular complexity index is 236. The molecule has 12 heavy (non-hydrogen) atoms. The van der Waals surface area contributed by atoms with Crippen LogP contribution in [-0.4, -0.2) is 14.2 Å². The number of hydrogen-bond acceptors (Lipinski definition) is 2. The van der Waals surface area contributed by atoms with E-state index in [0.717, 1.165) is 11.5 Å². The zero-order chi connectivity index (χ0) is 8.97. The predicted molar refractivity (Wildman–Crippen MR) is 48.5 cm³/mol. The van der Waals surface area contributed by atoms with Crippen molar-refractivity contribution in [1.82, 2.24) is 0 Å². The molecular formula is C10H14O2. The summed E-state index contributed by atoms with van der Waals surface area (Å²) in [5.74, 6) is 1.97. The Morgan fingerprint density at radius 1 is 1.17 bits per heavy atom. The Morgan fingerprint density at radius 2 is 1.83 bits per heavy atom. The van der Waals surface area contributed by atoms with Gasteiger partial charge in [0.2, 0.25) is 0 Å². The Balaban J connectivity index is 2.90. The molecule has 0 aromatic rings. The van der Waals surface area contributed by atoms with Gasteiger partial charge in [0.05, 0.1) is 14.2 Å². The van der Waals surface area contributed by atoms with Crippen molar-refractivity contribution >= 4 is 0 Å². The maximum absolute atomic E-state index is 5.17. The number of ether oxygens (including phenoxy) is 2. The molecule has 2 heteroatoms. The van der Waals surface area contributed by atoms with Crippen molar-refractivity contribution < 1.29 is 9.47 Å². The number of hydrogen-bond donors (Lipinski definition) is 0. The minimum atomic E-state index is 0.392. The van der Waals surface area contributed by atoms with Crippen LogP contribution in [0.5, 0.6) is 0 Å². The lowest BCUT2D eigenvalue weighted by Gasteiger charge is -2.08. The summed E-state index contributed by atoms with van der Waals surface area (Å²) >= 11 is 0. The summed E-state index contributed by atoms with van der Waals surface area (Å²) < 4.78 is 10.3. The third kappa shape index (κ3) is 1.91. The van der Waals surface area contributed by atoms with E-state index in [2.05, 4.69) is 13.0 Å². The molecule has 1 rings (SSSR count). The third-order valence-corrected chi connectivity index (χ3v) is 1.76. The van der Waals surface area contributed by atoms with Crippen LogP contribution in [-0.2, 0) is 9.47 Å².